The molecule has 0 aromatic heterocycles. The molecule has 0 atom stereocenters. The lowest BCUT2D eigenvalue weighted by Crippen LogP contribution is -2.21. The molecule has 1 amide bonds. The van der Waals surface area contributed by atoms with Gasteiger partial charge in [0.05, 0.1) is 6.61 Å². The van der Waals surface area contributed by atoms with E-state index < -0.39 is 0 Å². The zero-order chi connectivity index (χ0) is 20.5. The number of aryl methyl sites for hydroxylation is 1. The Morgan fingerprint density at radius 1 is 0.964 bits per heavy atom. The van der Waals surface area contributed by atoms with Crippen LogP contribution in [0.15, 0.2) is 54.3 Å². The number of ketones is 1. The van der Waals surface area contributed by atoms with E-state index in [1.807, 2.05) is 19.1 Å². The summed E-state index contributed by atoms with van der Waals surface area (Å²) < 4.78 is 5.76. The Morgan fingerprint density at radius 2 is 1.64 bits per heavy atom. The third-order valence-corrected chi connectivity index (χ3v) is 4.27. The molecule has 0 radical (unpaired) electrons. The second-order valence-corrected chi connectivity index (χ2v) is 6.96. The minimum absolute atomic E-state index is 0.0928. The van der Waals surface area contributed by atoms with Crippen molar-refractivity contribution in [2.24, 2.45) is 0 Å². The zero-order valence-corrected chi connectivity index (χ0v) is 17.2. The lowest BCUT2D eigenvalue weighted by molar-refractivity contribution is 0.0826. The zero-order valence-electron chi connectivity index (χ0n) is 17.2. The van der Waals surface area contributed by atoms with Gasteiger partial charge in [-0.2, -0.15) is 0 Å². The van der Waals surface area contributed by atoms with Gasteiger partial charge in [-0.3, -0.25) is 9.59 Å². The highest BCUT2D eigenvalue weighted by molar-refractivity contribution is 6.10. The number of hydrogen-bond donors (Lipinski definition) is 0. The van der Waals surface area contributed by atoms with E-state index >= 15 is 0 Å². The van der Waals surface area contributed by atoms with Crippen LogP contribution >= 0.6 is 0 Å². The fraction of sp³-hybridized carbons (Fsp3) is 0.333. The van der Waals surface area contributed by atoms with E-state index in [-0.39, 0.29) is 11.7 Å². The number of ether oxygens (including phenoxy) is 1. The van der Waals surface area contributed by atoms with Crippen LogP contribution in [0.25, 0.3) is 6.08 Å². The first kappa shape index (κ1) is 21.4. The number of allylic oxidation sites excluding steroid dienone is 1. The quantitative estimate of drug-likeness (QED) is 0.350. The van der Waals surface area contributed by atoms with E-state index in [4.69, 9.17) is 4.74 Å². The van der Waals surface area contributed by atoms with Crippen LogP contribution in [0.3, 0.4) is 0 Å². The van der Waals surface area contributed by atoms with Crippen LogP contribution < -0.4 is 0 Å². The predicted octanol–water partition coefficient (Wildman–Crippen LogP) is 4.99. The third kappa shape index (κ3) is 5.81. The number of benzene rings is 2. The Balaban J connectivity index is 2.30. The molecule has 0 unspecified atom stereocenters. The molecule has 148 valence electrons. The fourth-order valence-corrected chi connectivity index (χ4v) is 2.83. The molecule has 0 saturated heterocycles. The van der Waals surface area contributed by atoms with Gasteiger partial charge in [0.25, 0.3) is 5.91 Å². The van der Waals surface area contributed by atoms with Crippen molar-refractivity contribution >= 4 is 17.8 Å². The van der Waals surface area contributed by atoms with E-state index in [9.17, 15) is 9.59 Å². The van der Waals surface area contributed by atoms with Gasteiger partial charge < -0.3 is 9.64 Å². The number of nitrogens with zero attached hydrogens (tertiary/aromatic N) is 1. The van der Waals surface area contributed by atoms with E-state index in [1.165, 1.54) is 10.5 Å². The van der Waals surface area contributed by atoms with Crippen LogP contribution in [-0.4, -0.2) is 37.3 Å². The molecule has 0 aliphatic carbocycles. The van der Waals surface area contributed by atoms with Crippen molar-refractivity contribution in [1.29, 1.82) is 0 Å². The lowest BCUT2D eigenvalue weighted by atomic mass is 10.0. The molecule has 0 saturated carbocycles. The summed E-state index contributed by atoms with van der Waals surface area (Å²) in [6.07, 6.45) is 4.69. The Morgan fingerprint density at radius 3 is 2.25 bits per heavy atom. The highest BCUT2D eigenvalue weighted by Crippen LogP contribution is 2.17. The van der Waals surface area contributed by atoms with Gasteiger partial charge in [0.1, 0.15) is 0 Å². The summed E-state index contributed by atoms with van der Waals surface area (Å²) in [6, 6.07) is 14.9. The van der Waals surface area contributed by atoms with Gasteiger partial charge in [-0.1, -0.05) is 56.7 Å². The average Bonchev–Trinajstić information content (AvgIpc) is 2.70. The summed E-state index contributed by atoms with van der Waals surface area (Å²) >= 11 is 0. The highest BCUT2D eigenvalue weighted by atomic mass is 16.5. The van der Waals surface area contributed by atoms with Gasteiger partial charge in [0.2, 0.25) is 5.78 Å². The van der Waals surface area contributed by atoms with Crippen molar-refractivity contribution in [3.63, 3.8) is 0 Å². The minimum atomic E-state index is -0.182. The number of rotatable bonds is 9. The van der Waals surface area contributed by atoms with E-state index in [0.29, 0.717) is 23.5 Å². The maximum Gasteiger partial charge on any atom is 0.253 e. The molecule has 0 fully saturated rings. The van der Waals surface area contributed by atoms with Crippen molar-refractivity contribution in [2.75, 3.05) is 20.7 Å². The summed E-state index contributed by atoms with van der Waals surface area (Å²) in [6.45, 7) is 4.63. The highest BCUT2D eigenvalue weighted by Gasteiger charge is 2.16. The molecule has 0 bridgehead atoms. The minimum Gasteiger partial charge on any atom is -0.489 e. The Labute approximate surface area is 167 Å². The molecule has 0 N–H and O–H groups in total. The summed E-state index contributed by atoms with van der Waals surface area (Å²) in [5, 5.41) is 0. The van der Waals surface area contributed by atoms with Crippen LogP contribution in [0, 0.1) is 0 Å². The van der Waals surface area contributed by atoms with Crippen molar-refractivity contribution in [3.8, 4) is 0 Å². The number of hydrogen-bond acceptors (Lipinski definition) is 3. The summed E-state index contributed by atoms with van der Waals surface area (Å²) in [5.41, 5.74) is 3.24. The van der Waals surface area contributed by atoms with E-state index in [0.717, 1.165) is 24.8 Å². The Kier molecular flexibility index (Phi) is 8.00. The van der Waals surface area contributed by atoms with Crippen LogP contribution in [0.1, 0.15) is 58.5 Å². The SMILES string of the molecule is CCCOC(=Cc1cccc(CCC)c1)C(=O)c1ccc(C(=O)N(C)C)cc1. The van der Waals surface area contributed by atoms with Gasteiger partial charge in [-0.05, 0) is 42.2 Å². The average molecular weight is 380 g/mol. The molecule has 0 heterocycles. The first-order valence-electron chi connectivity index (χ1n) is 9.76. The predicted molar refractivity (Wildman–Crippen MR) is 113 cm³/mol. The molecule has 0 aliphatic rings. The maximum absolute atomic E-state index is 13.0. The van der Waals surface area contributed by atoms with Crippen molar-refractivity contribution in [1.82, 2.24) is 4.90 Å². The standard InChI is InChI=1S/C24H29NO3/c1-5-8-18-9-7-10-19(16-18)17-22(28-15-6-2)23(26)20-11-13-21(14-12-20)24(27)25(3)4/h7,9-14,16-17H,5-6,8,15H2,1-4H3. The smallest absolute Gasteiger partial charge is 0.253 e. The summed E-state index contributed by atoms with van der Waals surface area (Å²) in [7, 11) is 3.40. The fourth-order valence-electron chi connectivity index (χ4n) is 2.83. The number of carbonyl (C=O) groups is 2. The van der Waals surface area contributed by atoms with Crippen LogP contribution in [0.5, 0.6) is 0 Å². The van der Waals surface area contributed by atoms with Crippen molar-refractivity contribution in [2.45, 2.75) is 33.1 Å². The van der Waals surface area contributed by atoms with E-state index in [1.54, 1.807) is 44.4 Å². The Bertz CT molecular complexity index is 835. The Hall–Kier alpha value is -2.88. The topological polar surface area (TPSA) is 46.6 Å². The molecule has 4 nitrogen and oxygen atoms in total. The number of Topliss-reactive ketones (excluding diaryl/α,β-unsaturated/α-hetero) is 1. The number of amides is 1. The van der Waals surface area contributed by atoms with Crippen LogP contribution in [0.2, 0.25) is 0 Å². The van der Waals surface area contributed by atoms with Gasteiger partial charge in [0.15, 0.2) is 5.76 Å². The lowest BCUT2D eigenvalue weighted by Gasteiger charge is -2.12. The van der Waals surface area contributed by atoms with Crippen molar-refractivity contribution < 1.29 is 14.3 Å². The molecule has 4 heteroatoms. The first-order chi connectivity index (χ1) is 13.5. The molecule has 0 aliphatic heterocycles. The number of carbonyl (C=O) groups excluding carboxylic acids is 2. The van der Waals surface area contributed by atoms with Crippen LogP contribution in [-0.2, 0) is 11.2 Å². The van der Waals surface area contributed by atoms with Gasteiger partial charge in [0, 0.05) is 25.2 Å². The second kappa shape index (κ2) is 10.5. The maximum atomic E-state index is 13.0. The van der Waals surface area contributed by atoms with Crippen LogP contribution in [0.4, 0.5) is 0 Å². The monoisotopic (exact) mass is 379 g/mol. The first-order valence-corrected chi connectivity index (χ1v) is 9.76. The van der Waals surface area contributed by atoms with Gasteiger partial charge in [-0.15, -0.1) is 0 Å². The molecule has 2 aromatic carbocycles. The molecule has 2 rings (SSSR count). The van der Waals surface area contributed by atoms with Crippen molar-refractivity contribution in [3.05, 3.63) is 76.5 Å². The summed E-state index contributed by atoms with van der Waals surface area (Å²) in [5.74, 6) is 0.0464. The molecule has 0 spiro atoms. The largest absolute Gasteiger partial charge is 0.489 e. The normalized spacial score (nSPS) is 11.2. The molecular formula is C24H29NO3. The van der Waals surface area contributed by atoms with E-state index in [2.05, 4.69) is 19.1 Å². The van der Waals surface area contributed by atoms with Gasteiger partial charge in [-0.25, -0.2) is 0 Å². The third-order valence-electron chi connectivity index (χ3n) is 4.27. The summed E-state index contributed by atoms with van der Waals surface area (Å²) in [4.78, 5) is 26.5. The molecule has 28 heavy (non-hydrogen) atoms. The van der Waals surface area contributed by atoms with Gasteiger partial charge >= 0.3 is 0 Å². The second-order valence-electron chi connectivity index (χ2n) is 6.96. The molecular weight excluding hydrogens is 350 g/mol. The molecule has 2 aromatic rings.